The van der Waals surface area contributed by atoms with Crippen molar-refractivity contribution in [1.82, 2.24) is 10.2 Å². The van der Waals surface area contributed by atoms with Gasteiger partial charge in [0.15, 0.2) is 0 Å². The SMILES string of the molecule is NC(=O)NCC(=O)N1CCC2(CC1)c1ccccc1C[C@@H]2O. The number of aliphatic hydroxyl groups excluding tert-OH is 1. The summed E-state index contributed by atoms with van der Waals surface area (Å²) in [5, 5.41) is 12.9. The third kappa shape index (κ3) is 2.43. The molecule has 0 unspecified atom stereocenters. The van der Waals surface area contributed by atoms with E-state index in [2.05, 4.69) is 17.4 Å². The Kier molecular flexibility index (Phi) is 3.78. The minimum Gasteiger partial charge on any atom is -0.392 e. The Morgan fingerprint density at radius 1 is 1.32 bits per heavy atom. The summed E-state index contributed by atoms with van der Waals surface area (Å²) in [5.74, 6) is -0.130. The number of aliphatic hydroxyl groups is 1. The molecule has 2 aliphatic rings. The van der Waals surface area contributed by atoms with Crippen molar-refractivity contribution in [3.63, 3.8) is 0 Å². The van der Waals surface area contributed by atoms with Crippen molar-refractivity contribution in [2.45, 2.75) is 30.8 Å². The van der Waals surface area contributed by atoms with Gasteiger partial charge in [-0.15, -0.1) is 0 Å². The smallest absolute Gasteiger partial charge is 0.312 e. The van der Waals surface area contributed by atoms with Gasteiger partial charge in [-0.25, -0.2) is 4.79 Å². The van der Waals surface area contributed by atoms with Gasteiger partial charge in [0.25, 0.3) is 0 Å². The average Bonchev–Trinajstić information content (AvgIpc) is 2.78. The monoisotopic (exact) mass is 303 g/mol. The number of benzene rings is 1. The lowest BCUT2D eigenvalue weighted by Crippen LogP contribution is -2.51. The van der Waals surface area contributed by atoms with Crippen molar-refractivity contribution in [3.05, 3.63) is 35.4 Å². The summed E-state index contributed by atoms with van der Waals surface area (Å²) in [6, 6.07) is 7.48. The first-order chi connectivity index (χ1) is 10.5. The number of carbonyl (C=O) groups is 2. The number of primary amides is 1. The Morgan fingerprint density at radius 2 is 2.00 bits per heavy atom. The van der Waals surface area contributed by atoms with E-state index in [9.17, 15) is 14.7 Å². The fraction of sp³-hybridized carbons (Fsp3) is 0.500. The van der Waals surface area contributed by atoms with Crippen LogP contribution in [0.4, 0.5) is 4.79 Å². The van der Waals surface area contributed by atoms with Crippen molar-refractivity contribution in [1.29, 1.82) is 0 Å². The molecule has 1 aliphatic heterocycles. The van der Waals surface area contributed by atoms with Crippen molar-refractivity contribution in [3.8, 4) is 0 Å². The molecule has 3 rings (SSSR count). The van der Waals surface area contributed by atoms with E-state index in [1.165, 1.54) is 11.1 Å². The maximum atomic E-state index is 12.0. The number of nitrogens with two attached hydrogens (primary N) is 1. The number of nitrogens with one attached hydrogen (secondary N) is 1. The van der Waals surface area contributed by atoms with Gasteiger partial charge < -0.3 is 21.1 Å². The predicted octanol–water partition coefficient (Wildman–Crippen LogP) is 0.132. The molecule has 1 atom stereocenters. The molecule has 118 valence electrons. The van der Waals surface area contributed by atoms with Crippen LogP contribution in [0.25, 0.3) is 0 Å². The van der Waals surface area contributed by atoms with Crippen LogP contribution in [0.3, 0.4) is 0 Å². The van der Waals surface area contributed by atoms with Crippen LogP contribution in [0.15, 0.2) is 24.3 Å². The summed E-state index contributed by atoms with van der Waals surface area (Å²) in [7, 11) is 0. The molecule has 6 nitrogen and oxygen atoms in total. The summed E-state index contributed by atoms with van der Waals surface area (Å²) in [6.45, 7) is 1.11. The molecule has 4 N–H and O–H groups in total. The van der Waals surface area contributed by atoms with Crippen LogP contribution in [0.1, 0.15) is 24.0 Å². The number of hydrogen-bond acceptors (Lipinski definition) is 3. The second kappa shape index (κ2) is 5.61. The molecule has 0 bridgehead atoms. The first-order valence-electron chi connectivity index (χ1n) is 7.60. The molecule has 22 heavy (non-hydrogen) atoms. The van der Waals surface area contributed by atoms with Crippen LogP contribution in [0.2, 0.25) is 0 Å². The van der Waals surface area contributed by atoms with E-state index in [4.69, 9.17) is 5.73 Å². The third-order valence-electron chi connectivity index (χ3n) is 5.03. The molecule has 1 spiro atoms. The fourth-order valence-electron chi connectivity index (χ4n) is 3.80. The molecule has 3 amide bonds. The number of amides is 3. The van der Waals surface area contributed by atoms with Crippen LogP contribution in [-0.2, 0) is 16.6 Å². The maximum Gasteiger partial charge on any atom is 0.312 e. The van der Waals surface area contributed by atoms with Gasteiger partial charge in [-0.1, -0.05) is 24.3 Å². The van der Waals surface area contributed by atoms with Gasteiger partial charge in [-0.05, 0) is 30.4 Å². The lowest BCUT2D eigenvalue weighted by molar-refractivity contribution is -0.132. The molecular formula is C16H21N3O3. The maximum absolute atomic E-state index is 12.0. The molecule has 1 aromatic rings. The van der Waals surface area contributed by atoms with Crippen LogP contribution in [0.5, 0.6) is 0 Å². The van der Waals surface area contributed by atoms with E-state index >= 15 is 0 Å². The second-order valence-electron chi connectivity index (χ2n) is 6.13. The van der Waals surface area contributed by atoms with Gasteiger partial charge in [0.05, 0.1) is 12.6 Å². The zero-order valence-electron chi connectivity index (χ0n) is 12.4. The highest BCUT2D eigenvalue weighted by molar-refractivity contribution is 5.83. The Labute approximate surface area is 129 Å². The van der Waals surface area contributed by atoms with E-state index in [1.54, 1.807) is 4.90 Å². The van der Waals surface area contributed by atoms with Crippen molar-refractivity contribution in [2.75, 3.05) is 19.6 Å². The quantitative estimate of drug-likeness (QED) is 0.725. The van der Waals surface area contributed by atoms with Gasteiger partial charge in [0.2, 0.25) is 5.91 Å². The Morgan fingerprint density at radius 3 is 2.68 bits per heavy atom. The first-order valence-corrected chi connectivity index (χ1v) is 7.60. The lowest BCUT2D eigenvalue weighted by Gasteiger charge is -2.42. The lowest BCUT2D eigenvalue weighted by atomic mass is 9.72. The van der Waals surface area contributed by atoms with E-state index in [1.807, 2.05) is 12.1 Å². The number of nitrogens with zero attached hydrogens (tertiary/aromatic N) is 1. The largest absolute Gasteiger partial charge is 0.392 e. The van der Waals surface area contributed by atoms with E-state index in [0.717, 1.165) is 12.8 Å². The molecule has 6 heteroatoms. The third-order valence-corrected chi connectivity index (χ3v) is 5.03. The highest BCUT2D eigenvalue weighted by atomic mass is 16.3. The highest BCUT2D eigenvalue weighted by Gasteiger charge is 2.47. The topological polar surface area (TPSA) is 95.7 Å². The Bertz CT molecular complexity index is 594. The molecule has 0 saturated carbocycles. The number of carbonyl (C=O) groups excluding carboxylic acids is 2. The van der Waals surface area contributed by atoms with Gasteiger partial charge >= 0.3 is 6.03 Å². The minimum absolute atomic E-state index is 0.0680. The Balaban J connectivity index is 1.69. The van der Waals surface area contributed by atoms with Gasteiger partial charge in [-0.2, -0.15) is 0 Å². The molecular weight excluding hydrogens is 282 g/mol. The fourth-order valence-corrected chi connectivity index (χ4v) is 3.80. The van der Waals surface area contributed by atoms with Crippen molar-refractivity contribution >= 4 is 11.9 Å². The van der Waals surface area contributed by atoms with Crippen LogP contribution in [-0.4, -0.2) is 47.7 Å². The number of fused-ring (bicyclic) bond motifs is 2. The number of rotatable bonds is 2. The number of piperidine rings is 1. The molecule has 1 heterocycles. The zero-order chi connectivity index (χ0) is 15.7. The zero-order valence-corrected chi connectivity index (χ0v) is 12.4. The first kappa shape index (κ1) is 14.8. The Hall–Kier alpha value is -2.08. The van der Waals surface area contributed by atoms with Gasteiger partial charge in [0.1, 0.15) is 0 Å². The normalized spacial score (nSPS) is 22.4. The van der Waals surface area contributed by atoms with E-state index < -0.39 is 6.03 Å². The number of likely N-dealkylation sites (tertiary alicyclic amines) is 1. The summed E-state index contributed by atoms with van der Waals surface area (Å²) >= 11 is 0. The molecule has 0 aromatic heterocycles. The minimum atomic E-state index is -0.693. The van der Waals surface area contributed by atoms with Crippen LogP contribution < -0.4 is 11.1 Å². The molecule has 1 fully saturated rings. The predicted molar refractivity (Wildman–Crippen MR) is 81.2 cm³/mol. The van der Waals surface area contributed by atoms with Crippen LogP contribution in [0, 0.1) is 0 Å². The second-order valence-corrected chi connectivity index (χ2v) is 6.13. The molecule has 1 aliphatic carbocycles. The standard InChI is InChI=1S/C16H21N3O3/c17-15(22)18-10-14(21)19-7-5-16(6-8-19)12-4-2-1-3-11(12)9-13(16)20/h1-4,13,20H,5-10H2,(H3,17,18,22)/t13-/m0/s1. The van der Waals surface area contributed by atoms with Gasteiger partial charge in [0, 0.05) is 18.5 Å². The molecule has 1 aromatic carbocycles. The van der Waals surface area contributed by atoms with Crippen molar-refractivity contribution < 1.29 is 14.7 Å². The molecule has 1 saturated heterocycles. The van der Waals surface area contributed by atoms with Gasteiger partial charge in [-0.3, -0.25) is 4.79 Å². The summed E-state index contributed by atoms with van der Waals surface area (Å²) in [6.07, 6.45) is 1.79. The average molecular weight is 303 g/mol. The van der Waals surface area contributed by atoms with Crippen LogP contribution >= 0.6 is 0 Å². The summed E-state index contributed by atoms with van der Waals surface area (Å²) < 4.78 is 0. The van der Waals surface area contributed by atoms with E-state index in [-0.39, 0.29) is 24.0 Å². The molecule has 0 radical (unpaired) electrons. The van der Waals surface area contributed by atoms with E-state index in [0.29, 0.717) is 19.5 Å². The van der Waals surface area contributed by atoms with Crippen molar-refractivity contribution in [2.24, 2.45) is 5.73 Å². The number of urea groups is 1. The summed E-state index contributed by atoms with van der Waals surface area (Å²) in [4.78, 5) is 24.4. The number of hydrogen-bond donors (Lipinski definition) is 3. The highest BCUT2D eigenvalue weighted by Crippen LogP contribution is 2.46. The summed E-state index contributed by atoms with van der Waals surface area (Å²) in [5.41, 5.74) is 7.19.